The lowest BCUT2D eigenvalue weighted by Crippen LogP contribution is -2.11. The van der Waals surface area contributed by atoms with E-state index >= 15 is 0 Å². The van der Waals surface area contributed by atoms with Gasteiger partial charge in [-0.25, -0.2) is 0 Å². The van der Waals surface area contributed by atoms with E-state index in [0.29, 0.717) is 36.1 Å². The normalized spacial score (nSPS) is 12.3. The number of rotatable bonds is 2. The Morgan fingerprint density at radius 2 is 1.92 bits per heavy atom. The van der Waals surface area contributed by atoms with Gasteiger partial charge in [-0.05, 0) is 6.07 Å². The van der Waals surface area contributed by atoms with Crippen LogP contribution in [0.15, 0.2) is 12.1 Å². The van der Waals surface area contributed by atoms with Crippen molar-refractivity contribution < 1.29 is 14.3 Å². The van der Waals surface area contributed by atoms with E-state index in [4.69, 9.17) is 4.74 Å². The molecule has 0 radical (unpaired) electrons. The Morgan fingerprint density at radius 1 is 1.17 bits per heavy atom. The summed E-state index contributed by atoms with van der Waals surface area (Å²) in [5.74, 6) is 0.502. The van der Waals surface area contributed by atoms with Crippen molar-refractivity contribution in [1.29, 1.82) is 0 Å². The standard InChI is InChI=1S/C9H6O3/c10-3-7-6-1-2-9(12-5-6)8(7)4-11/h1-4H,5H2. The van der Waals surface area contributed by atoms with Gasteiger partial charge >= 0.3 is 0 Å². The van der Waals surface area contributed by atoms with E-state index in [1.807, 2.05) is 0 Å². The first-order valence-electron chi connectivity index (χ1n) is 3.56. The van der Waals surface area contributed by atoms with Crippen molar-refractivity contribution in [2.45, 2.75) is 6.61 Å². The monoisotopic (exact) mass is 162 g/mol. The number of hydrogen-bond acceptors (Lipinski definition) is 3. The molecule has 2 aliphatic heterocycles. The first kappa shape index (κ1) is 7.03. The summed E-state index contributed by atoms with van der Waals surface area (Å²) in [6, 6.07) is 3.51. The predicted molar refractivity (Wildman–Crippen MR) is 41.5 cm³/mol. The van der Waals surface area contributed by atoms with E-state index in [1.54, 1.807) is 12.1 Å². The molecule has 0 fully saturated rings. The Hall–Kier alpha value is -1.64. The first-order valence-corrected chi connectivity index (χ1v) is 3.56. The largest absolute Gasteiger partial charge is 0.488 e. The van der Waals surface area contributed by atoms with Crippen LogP contribution in [0.2, 0.25) is 0 Å². The maximum Gasteiger partial charge on any atom is 0.154 e. The maximum atomic E-state index is 10.6. The van der Waals surface area contributed by atoms with Gasteiger partial charge in [0.1, 0.15) is 12.4 Å². The van der Waals surface area contributed by atoms with Crippen LogP contribution in [0.4, 0.5) is 0 Å². The molecule has 0 saturated heterocycles. The minimum Gasteiger partial charge on any atom is -0.488 e. The molecule has 3 nitrogen and oxygen atoms in total. The minimum absolute atomic E-state index is 0.369. The van der Waals surface area contributed by atoms with Crippen molar-refractivity contribution in [1.82, 2.24) is 0 Å². The van der Waals surface area contributed by atoms with Crippen LogP contribution in [0.3, 0.4) is 0 Å². The van der Waals surface area contributed by atoms with Crippen LogP contribution in [0.5, 0.6) is 5.75 Å². The highest BCUT2D eigenvalue weighted by Gasteiger charge is 2.18. The molecule has 0 saturated carbocycles. The predicted octanol–water partition coefficient (Wildman–Crippen LogP) is 1.20. The molecule has 2 aliphatic rings. The molecule has 2 heterocycles. The minimum atomic E-state index is 0.369. The Balaban J connectivity index is 2.75. The highest BCUT2D eigenvalue weighted by atomic mass is 16.5. The topological polar surface area (TPSA) is 43.4 Å². The van der Waals surface area contributed by atoms with Gasteiger partial charge in [0, 0.05) is 11.1 Å². The fourth-order valence-corrected chi connectivity index (χ4v) is 1.33. The van der Waals surface area contributed by atoms with Gasteiger partial charge in [0.15, 0.2) is 12.6 Å². The van der Waals surface area contributed by atoms with E-state index in [0.717, 1.165) is 5.56 Å². The van der Waals surface area contributed by atoms with Crippen molar-refractivity contribution in [3.8, 4) is 5.75 Å². The summed E-state index contributed by atoms with van der Waals surface area (Å²) in [5.41, 5.74) is 1.62. The molecular formula is C9H6O3. The second-order valence-electron chi connectivity index (χ2n) is 2.57. The lowest BCUT2D eigenvalue weighted by Gasteiger charge is -2.18. The first-order chi connectivity index (χ1) is 5.86. The third-order valence-electron chi connectivity index (χ3n) is 1.96. The Labute approximate surface area is 69.0 Å². The van der Waals surface area contributed by atoms with Gasteiger partial charge in [-0.1, -0.05) is 6.07 Å². The van der Waals surface area contributed by atoms with Gasteiger partial charge in [0.2, 0.25) is 0 Å². The van der Waals surface area contributed by atoms with Crippen molar-refractivity contribution in [3.05, 3.63) is 28.8 Å². The van der Waals surface area contributed by atoms with Gasteiger partial charge in [-0.15, -0.1) is 0 Å². The number of benzene rings is 1. The maximum absolute atomic E-state index is 10.6. The molecule has 1 aromatic rings. The van der Waals surface area contributed by atoms with E-state index < -0.39 is 0 Å². The van der Waals surface area contributed by atoms with Crippen molar-refractivity contribution in [3.63, 3.8) is 0 Å². The Morgan fingerprint density at radius 3 is 2.33 bits per heavy atom. The summed E-state index contributed by atoms with van der Waals surface area (Å²) in [6.07, 6.45) is 1.35. The van der Waals surface area contributed by atoms with E-state index in [1.165, 1.54) is 0 Å². The van der Waals surface area contributed by atoms with Crippen LogP contribution in [0.1, 0.15) is 26.3 Å². The molecule has 2 bridgehead atoms. The Bertz CT molecular complexity index is 320. The van der Waals surface area contributed by atoms with E-state index in [2.05, 4.69) is 0 Å². The van der Waals surface area contributed by atoms with Crippen LogP contribution < -0.4 is 4.74 Å². The molecule has 12 heavy (non-hydrogen) atoms. The summed E-state index contributed by atoms with van der Waals surface area (Å²) in [5, 5.41) is 0. The van der Waals surface area contributed by atoms with Crippen LogP contribution >= 0.6 is 0 Å². The summed E-state index contributed by atoms with van der Waals surface area (Å²) >= 11 is 0. The zero-order valence-electron chi connectivity index (χ0n) is 6.24. The molecule has 3 rings (SSSR count). The lowest BCUT2D eigenvalue weighted by molar-refractivity contribution is 0.108. The molecule has 0 unspecified atom stereocenters. The Kier molecular flexibility index (Phi) is 1.43. The molecule has 1 aromatic carbocycles. The van der Waals surface area contributed by atoms with Gasteiger partial charge in [-0.2, -0.15) is 0 Å². The van der Waals surface area contributed by atoms with Crippen LogP contribution in [-0.2, 0) is 6.61 Å². The van der Waals surface area contributed by atoms with Crippen molar-refractivity contribution >= 4 is 12.6 Å². The summed E-state index contributed by atoms with van der Waals surface area (Å²) < 4.78 is 5.16. The zero-order valence-corrected chi connectivity index (χ0v) is 6.24. The number of hydrogen-bond donors (Lipinski definition) is 0. The third-order valence-corrected chi connectivity index (χ3v) is 1.96. The number of carbonyl (C=O) groups is 2. The van der Waals surface area contributed by atoms with Gasteiger partial charge in [0.05, 0.1) is 5.56 Å². The lowest BCUT2D eigenvalue weighted by atomic mass is 10.00. The van der Waals surface area contributed by atoms with Crippen molar-refractivity contribution in [2.75, 3.05) is 0 Å². The second kappa shape index (κ2) is 2.44. The molecule has 0 atom stereocenters. The van der Waals surface area contributed by atoms with Gasteiger partial charge in [0.25, 0.3) is 0 Å². The van der Waals surface area contributed by atoms with Crippen LogP contribution in [0.25, 0.3) is 0 Å². The summed E-state index contributed by atoms with van der Waals surface area (Å²) in [6.45, 7) is 0.400. The van der Waals surface area contributed by atoms with E-state index in [9.17, 15) is 9.59 Å². The quantitative estimate of drug-likeness (QED) is 0.614. The van der Waals surface area contributed by atoms with Crippen LogP contribution in [-0.4, -0.2) is 12.6 Å². The highest BCUT2D eigenvalue weighted by molar-refractivity contribution is 5.95. The highest BCUT2D eigenvalue weighted by Crippen LogP contribution is 2.29. The number of ether oxygens (including phenoxy) is 1. The fraction of sp³-hybridized carbons (Fsp3) is 0.111. The van der Waals surface area contributed by atoms with Gasteiger partial charge in [-0.3, -0.25) is 9.59 Å². The van der Waals surface area contributed by atoms with Crippen molar-refractivity contribution in [2.24, 2.45) is 0 Å². The third kappa shape index (κ3) is 0.763. The molecule has 3 heteroatoms. The van der Waals surface area contributed by atoms with E-state index in [-0.39, 0.29) is 0 Å². The number of carbonyl (C=O) groups excluding carboxylic acids is 2. The second-order valence-corrected chi connectivity index (χ2v) is 2.57. The molecule has 0 aromatic heterocycles. The molecule has 0 aliphatic carbocycles. The smallest absolute Gasteiger partial charge is 0.154 e. The summed E-state index contributed by atoms with van der Waals surface area (Å²) in [7, 11) is 0. The fourth-order valence-electron chi connectivity index (χ4n) is 1.33. The van der Waals surface area contributed by atoms with Gasteiger partial charge < -0.3 is 4.74 Å². The SMILES string of the molecule is O=Cc1c2ccc(c1C=O)OC2. The molecule has 60 valence electrons. The molecule has 0 amide bonds. The average molecular weight is 162 g/mol. The van der Waals surface area contributed by atoms with Crippen LogP contribution in [0, 0.1) is 0 Å². The number of fused-ring (bicyclic) bond motifs is 3. The average Bonchev–Trinajstić information content (AvgIpc) is 2.18. The zero-order chi connectivity index (χ0) is 8.55. The molecule has 0 N–H and O–H groups in total. The number of aldehydes is 2. The molecule has 0 spiro atoms. The molecular weight excluding hydrogens is 156 g/mol. The summed E-state index contributed by atoms with van der Waals surface area (Å²) in [4.78, 5) is 21.1.